The zero-order valence-electron chi connectivity index (χ0n) is 16.1. The van der Waals surface area contributed by atoms with Gasteiger partial charge in [0.15, 0.2) is 5.69 Å². The summed E-state index contributed by atoms with van der Waals surface area (Å²) in [4.78, 5) is 12.3. The van der Waals surface area contributed by atoms with E-state index in [4.69, 9.17) is 4.74 Å². The van der Waals surface area contributed by atoms with E-state index in [9.17, 15) is 9.18 Å². The normalized spacial score (nSPS) is 10.9. The summed E-state index contributed by atoms with van der Waals surface area (Å²) < 4.78 is 20.8. The molecule has 6 heteroatoms. The van der Waals surface area contributed by atoms with Gasteiger partial charge in [0.2, 0.25) is 0 Å². The van der Waals surface area contributed by atoms with Gasteiger partial charge in [-0.1, -0.05) is 38.1 Å². The number of para-hydroxylation sites is 1. The average Bonchev–Trinajstić information content (AvgIpc) is 3.17. The molecule has 0 spiro atoms. The number of halogens is 1. The molecule has 0 bridgehead atoms. The Bertz CT molecular complexity index is 920. The molecule has 1 N–H and O–H groups in total. The molecule has 0 saturated carbocycles. The Balaban J connectivity index is 1.50. The highest BCUT2D eigenvalue weighted by Gasteiger charge is 2.11. The number of carbonyl (C=O) groups excluding carboxylic acids is 1. The van der Waals surface area contributed by atoms with Crippen LogP contribution in [0.1, 0.15) is 29.9 Å². The lowest BCUT2D eigenvalue weighted by Gasteiger charge is -2.09. The van der Waals surface area contributed by atoms with Gasteiger partial charge in [-0.2, -0.15) is 5.10 Å². The molecule has 0 saturated heterocycles. The summed E-state index contributed by atoms with van der Waals surface area (Å²) in [6.07, 6.45) is 2.27. The molecule has 0 unspecified atom stereocenters. The Hall–Kier alpha value is -3.15. The fourth-order valence-electron chi connectivity index (χ4n) is 2.64. The molecule has 146 valence electrons. The highest BCUT2D eigenvalue weighted by atomic mass is 19.1. The summed E-state index contributed by atoms with van der Waals surface area (Å²) in [6.45, 7) is 5.39. The number of ether oxygens (including phenoxy) is 1. The van der Waals surface area contributed by atoms with Crippen molar-refractivity contribution in [3.63, 3.8) is 0 Å². The van der Waals surface area contributed by atoms with Crippen LogP contribution in [0.3, 0.4) is 0 Å². The van der Waals surface area contributed by atoms with E-state index in [1.807, 2.05) is 24.3 Å². The number of nitrogens with zero attached hydrogens (tertiary/aromatic N) is 2. The van der Waals surface area contributed by atoms with Crippen LogP contribution in [0.4, 0.5) is 4.39 Å². The molecular weight excluding hydrogens is 357 g/mol. The first-order valence-corrected chi connectivity index (χ1v) is 9.33. The van der Waals surface area contributed by atoms with Crippen molar-refractivity contribution >= 4 is 5.91 Å². The minimum absolute atomic E-state index is 0.251. The maximum absolute atomic E-state index is 13.8. The van der Waals surface area contributed by atoms with Crippen LogP contribution in [-0.4, -0.2) is 28.8 Å². The Labute approximate surface area is 164 Å². The lowest BCUT2D eigenvalue weighted by molar-refractivity contribution is 0.0948. The monoisotopic (exact) mass is 381 g/mol. The predicted octanol–water partition coefficient (Wildman–Crippen LogP) is 4.02. The molecule has 3 aromatic rings. The van der Waals surface area contributed by atoms with Gasteiger partial charge in [0.25, 0.3) is 5.91 Å². The maximum atomic E-state index is 13.8. The van der Waals surface area contributed by atoms with E-state index < -0.39 is 5.82 Å². The first-order chi connectivity index (χ1) is 13.5. The molecule has 2 aromatic carbocycles. The van der Waals surface area contributed by atoms with Crippen molar-refractivity contribution in [2.75, 3.05) is 13.2 Å². The van der Waals surface area contributed by atoms with Crippen molar-refractivity contribution in [3.8, 4) is 11.4 Å². The average molecular weight is 381 g/mol. The Kier molecular flexibility index (Phi) is 6.42. The standard InChI is InChI=1S/C22H24FN3O2/c1-16(2)15-28-18-9-7-17(8-10-18)11-13-24-22(27)20-12-14-26(25-20)21-6-4-3-5-19(21)23/h3-10,12,14,16H,11,13,15H2,1-2H3,(H,24,27). The van der Waals surface area contributed by atoms with Gasteiger partial charge in [-0.25, -0.2) is 9.07 Å². The molecular formula is C22H24FN3O2. The number of hydrogen-bond acceptors (Lipinski definition) is 3. The first-order valence-electron chi connectivity index (χ1n) is 9.33. The molecule has 0 aliphatic rings. The van der Waals surface area contributed by atoms with E-state index in [2.05, 4.69) is 24.3 Å². The van der Waals surface area contributed by atoms with Crippen molar-refractivity contribution in [1.82, 2.24) is 15.1 Å². The summed E-state index contributed by atoms with van der Waals surface area (Å²) >= 11 is 0. The summed E-state index contributed by atoms with van der Waals surface area (Å²) in [5, 5.41) is 7.00. The molecule has 1 amide bonds. The summed E-state index contributed by atoms with van der Waals surface area (Å²) in [5.74, 6) is 0.655. The van der Waals surface area contributed by atoms with E-state index >= 15 is 0 Å². The quantitative estimate of drug-likeness (QED) is 0.641. The number of hydrogen-bond donors (Lipinski definition) is 1. The maximum Gasteiger partial charge on any atom is 0.271 e. The van der Waals surface area contributed by atoms with Crippen LogP contribution < -0.4 is 10.1 Å². The lowest BCUT2D eigenvalue weighted by atomic mass is 10.1. The van der Waals surface area contributed by atoms with Gasteiger partial charge < -0.3 is 10.1 Å². The zero-order valence-corrected chi connectivity index (χ0v) is 16.1. The number of aromatic nitrogens is 2. The SMILES string of the molecule is CC(C)COc1ccc(CCNC(=O)c2ccn(-c3ccccc3F)n2)cc1. The second-order valence-electron chi connectivity index (χ2n) is 6.95. The van der Waals surface area contributed by atoms with Gasteiger partial charge >= 0.3 is 0 Å². The van der Waals surface area contributed by atoms with Gasteiger partial charge in [0.1, 0.15) is 17.3 Å². The third kappa shape index (κ3) is 5.19. The van der Waals surface area contributed by atoms with Crippen LogP contribution >= 0.6 is 0 Å². The van der Waals surface area contributed by atoms with Crippen LogP contribution in [0, 0.1) is 11.7 Å². The van der Waals surface area contributed by atoms with Gasteiger partial charge in [-0.15, -0.1) is 0 Å². The molecule has 1 aromatic heterocycles. The predicted molar refractivity (Wildman–Crippen MR) is 106 cm³/mol. The van der Waals surface area contributed by atoms with Crippen molar-refractivity contribution in [2.24, 2.45) is 5.92 Å². The minimum Gasteiger partial charge on any atom is -0.493 e. The van der Waals surface area contributed by atoms with Gasteiger partial charge in [-0.3, -0.25) is 4.79 Å². The second-order valence-corrected chi connectivity index (χ2v) is 6.95. The second kappa shape index (κ2) is 9.17. The minimum atomic E-state index is -0.390. The molecule has 3 rings (SSSR count). The summed E-state index contributed by atoms with van der Waals surface area (Å²) in [6, 6.07) is 15.7. The number of amides is 1. The van der Waals surface area contributed by atoms with Crippen LogP contribution in [0.2, 0.25) is 0 Å². The molecule has 0 aliphatic heterocycles. The van der Waals surface area contributed by atoms with Crippen molar-refractivity contribution in [3.05, 3.63) is 77.9 Å². The van der Waals surface area contributed by atoms with Crippen LogP contribution in [-0.2, 0) is 6.42 Å². The number of benzene rings is 2. The molecule has 1 heterocycles. The first kappa shape index (κ1) is 19.6. The summed E-state index contributed by atoms with van der Waals surface area (Å²) in [5.41, 5.74) is 1.66. The van der Waals surface area contributed by atoms with Gasteiger partial charge in [0, 0.05) is 12.7 Å². The third-order valence-corrected chi connectivity index (χ3v) is 4.13. The van der Waals surface area contributed by atoms with E-state index in [1.54, 1.807) is 30.5 Å². The third-order valence-electron chi connectivity index (χ3n) is 4.13. The van der Waals surface area contributed by atoms with Gasteiger partial charge in [0.05, 0.1) is 6.61 Å². The topological polar surface area (TPSA) is 56.1 Å². The molecule has 0 atom stereocenters. The number of carbonyl (C=O) groups is 1. The smallest absolute Gasteiger partial charge is 0.271 e. The fraction of sp³-hybridized carbons (Fsp3) is 0.273. The highest BCUT2D eigenvalue weighted by molar-refractivity contribution is 5.92. The van der Waals surface area contributed by atoms with E-state index in [0.717, 1.165) is 11.3 Å². The largest absolute Gasteiger partial charge is 0.493 e. The Morgan fingerprint density at radius 1 is 1.14 bits per heavy atom. The summed E-state index contributed by atoms with van der Waals surface area (Å²) in [7, 11) is 0. The Morgan fingerprint density at radius 2 is 1.89 bits per heavy atom. The van der Waals surface area contributed by atoms with Crippen LogP contribution in [0.25, 0.3) is 5.69 Å². The highest BCUT2D eigenvalue weighted by Crippen LogP contribution is 2.14. The van der Waals surface area contributed by atoms with E-state index in [-0.39, 0.29) is 11.6 Å². The number of rotatable bonds is 8. The van der Waals surface area contributed by atoms with Gasteiger partial charge in [-0.05, 0) is 48.2 Å². The van der Waals surface area contributed by atoms with Crippen molar-refractivity contribution in [1.29, 1.82) is 0 Å². The van der Waals surface area contributed by atoms with E-state index in [0.29, 0.717) is 31.2 Å². The van der Waals surface area contributed by atoms with Crippen LogP contribution in [0.5, 0.6) is 5.75 Å². The molecule has 28 heavy (non-hydrogen) atoms. The van der Waals surface area contributed by atoms with E-state index in [1.165, 1.54) is 10.7 Å². The Morgan fingerprint density at radius 3 is 2.61 bits per heavy atom. The van der Waals surface area contributed by atoms with Crippen molar-refractivity contribution in [2.45, 2.75) is 20.3 Å². The van der Waals surface area contributed by atoms with Crippen LogP contribution in [0.15, 0.2) is 60.8 Å². The lowest BCUT2D eigenvalue weighted by Crippen LogP contribution is -2.26. The molecule has 0 aliphatic carbocycles. The fourth-order valence-corrected chi connectivity index (χ4v) is 2.64. The molecule has 0 radical (unpaired) electrons. The zero-order chi connectivity index (χ0) is 19.9. The molecule has 0 fully saturated rings. The number of nitrogens with one attached hydrogen (secondary N) is 1. The molecule has 5 nitrogen and oxygen atoms in total. The van der Waals surface area contributed by atoms with Crippen molar-refractivity contribution < 1.29 is 13.9 Å².